The summed E-state index contributed by atoms with van der Waals surface area (Å²) in [5.41, 5.74) is 1.02. The molecule has 0 amide bonds. The normalized spacial score (nSPS) is 18.9. The number of benzene rings is 3. The fourth-order valence-electron chi connectivity index (χ4n) is 4.81. The van der Waals surface area contributed by atoms with Crippen molar-refractivity contribution < 1.29 is 17.0 Å². The molecule has 3 aromatic carbocycles. The summed E-state index contributed by atoms with van der Waals surface area (Å²) in [5, 5.41) is 2.44. The first kappa shape index (κ1) is 24.9. The Morgan fingerprint density at radius 2 is 1.32 bits per heavy atom. The van der Waals surface area contributed by atoms with Crippen molar-refractivity contribution in [2.45, 2.75) is 56.6 Å². The lowest BCUT2D eigenvalue weighted by Crippen LogP contribution is -2.68. The van der Waals surface area contributed by atoms with Crippen molar-refractivity contribution in [3.63, 3.8) is 0 Å². The fourth-order valence-corrected chi connectivity index (χ4v) is 10.5. The molecule has 0 atom stereocenters. The summed E-state index contributed by atoms with van der Waals surface area (Å²) in [4.78, 5) is 0.206. The van der Waals surface area contributed by atoms with Crippen molar-refractivity contribution in [1.82, 2.24) is 0 Å². The van der Waals surface area contributed by atoms with Crippen LogP contribution < -0.4 is 10.4 Å². The molecule has 34 heavy (non-hydrogen) atoms. The maximum Gasteiger partial charge on any atom is 0.296 e. The second-order valence-corrected chi connectivity index (χ2v) is 16.2. The molecule has 3 aromatic rings. The first-order valence-corrected chi connectivity index (χ1v) is 15.2. The quantitative estimate of drug-likeness (QED) is 0.325. The Balaban J connectivity index is 1.49. The predicted octanol–water partition coefficient (Wildman–Crippen LogP) is 5.06. The first-order chi connectivity index (χ1) is 16.1. The zero-order valence-corrected chi connectivity index (χ0v) is 22.2. The molecule has 1 aliphatic carbocycles. The standard InChI is InChI=1S/C28H34O4SSi/c1-22-15-17-25(18-16-22)33(29,30)31-21-23-19-24(20-23)32-34(28(2,3)4,26-11-7-5-8-12-26)27-13-9-6-10-14-27/h5-18,23-24H,19-21H2,1-4H3. The van der Waals surface area contributed by atoms with Crippen LogP contribution in [0.5, 0.6) is 0 Å². The van der Waals surface area contributed by atoms with Gasteiger partial charge in [0.05, 0.1) is 11.5 Å². The number of aryl methyl sites for hydroxylation is 1. The topological polar surface area (TPSA) is 52.6 Å². The summed E-state index contributed by atoms with van der Waals surface area (Å²) < 4.78 is 37.6. The summed E-state index contributed by atoms with van der Waals surface area (Å²) in [7, 11) is -6.33. The zero-order valence-electron chi connectivity index (χ0n) is 20.4. The Kier molecular flexibility index (Phi) is 7.15. The SMILES string of the molecule is Cc1ccc(S(=O)(=O)OCC2CC(O[Si](c3ccccc3)(c3ccccc3)C(C)(C)C)C2)cc1. The number of hydrogen-bond acceptors (Lipinski definition) is 4. The van der Waals surface area contributed by atoms with Gasteiger partial charge >= 0.3 is 0 Å². The minimum Gasteiger partial charge on any atom is -0.404 e. The molecule has 0 heterocycles. The van der Waals surface area contributed by atoms with Crippen molar-refractivity contribution >= 4 is 28.8 Å². The second-order valence-electron chi connectivity index (χ2n) is 10.3. The maximum absolute atomic E-state index is 12.6. The highest BCUT2D eigenvalue weighted by atomic mass is 32.2. The molecule has 1 aliphatic rings. The maximum atomic E-state index is 12.6. The third kappa shape index (κ3) is 5.05. The molecule has 4 rings (SSSR count). The van der Waals surface area contributed by atoms with Crippen molar-refractivity contribution in [3.8, 4) is 0 Å². The van der Waals surface area contributed by atoms with Crippen LogP contribution in [-0.2, 0) is 18.7 Å². The van der Waals surface area contributed by atoms with Crippen molar-refractivity contribution in [2.75, 3.05) is 6.61 Å². The largest absolute Gasteiger partial charge is 0.404 e. The Labute approximate surface area is 205 Å². The molecule has 180 valence electrons. The highest BCUT2D eigenvalue weighted by molar-refractivity contribution is 7.86. The molecule has 0 radical (unpaired) electrons. The third-order valence-corrected chi connectivity index (χ3v) is 13.1. The van der Waals surface area contributed by atoms with Crippen molar-refractivity contribution in [1.29, 1.82) is 0 Å². The lowest BCUT2D eigenvalue weighted by molar-refractivity contribution is 0.0329. The van der Waals surface area contributed by atoms with Crippen LogP contribution in [0.3, 0.4) is 0 Å². The second kappa shape index (κ2) is 9.78. The number of rotatable bonds is 8. The van der Waals surface area contributed by atoms with Crippen LogP contribution in [0, 0.1) is 12.8 Å². The van der Waals surface area contributed by atoms with Gasteiger partial charge in [0.1, 0.15) is 0 Å². The lowest BCUT2D eigenvalue weighted by atomic mass is 9.83. The van der Waals surface area contributed by atoms with E-state index < -0.39 is 18.4 Å². The molecule has 4 nitrogen and oxygen atoms in total. The molecule has 0 bridgehead atoms. The summed E-state index contributed by atoms with van der Waals surface area (Å²) >= 11 is 0. The molecule has 0 spiro atoms. The Hall–Kier alpha value is -2.25. The summed E-state index contributed by atoms with van der Waals surface area (Å²) in [6.45, 7) is 8.93. The van der Waals surface area contributed by atoms with Gasteiger partial charge in [-0.25, -0.2) is 0 Å². The van der Waals surface area contributed by atoms with Gasteiger partial charge < -0.3 is 4.43 Å². The van der Waals surface area contributed by atoms with E-state index in [2.05, 4.69) is 69.3 Å². The monoisotopic (exact) mass is 494 g/mol. The van der Waals surface area contributed by atoms with Gasteiger partial charge in [-0.05, 0) is 53.2 Å². The lowest BCUT2D eigenvalue weighted by Gasteiger charge is -2.48. The smallest absolute Gasteiger partial charge is 0.296 e. The molecule has 1 saturated carbocycles. The third-order valence-electron chi connectivity index (χ3n) is 6.72. The highest BCUT2D eigenvalue weighted by Crippen LogP contribution is 2.41. The van der Waals surface area contributed by atoms with E-state index in [1.807, 2.05) is 19.1 Å². The molecule has 0 saturated heterocycles. The van der Waals surface area contributed by atoms with Crippen LogP contribution >= 0.6 is 0 Å². The summed E-state index contributed by atoms with van der Waals surface area (Å²) in [6, 6.07) is 28.0. The minimum absolute atomic E-state index is 0.0773. The van der Waals surface area contributed by atoms with Gasteiger partial charge in [0.2, 0.25) is 0 Å². The first-order valence-electron chi connectivity index (χ1n) is 11.9. The molecule has 1 fully saturated rings. The van der Waals surface area contributed by atoms with E-state index in [1.54, 1.807) is 24.3 Å². The van der Waals surface area contributed by atoms with E-state index in [-0.39, 0.29) is 28.6 Å². The molecule has 0 unspecified atom stereocenters. The fraction of sp³-hybridized carbons (Fsp3) is 0.357. The summed E-state index contributed by atoms with van der Waals surface area (Å²) in [6.07, 6.45) is 1.68. The summed E-state index contributed by atoms with van der Waals surface area (Å²) in [5.74, 6) is 0.170. The van der Waals surface area contributed by atoms with Gasteiger partial charge in [-0.2, -0.15) is 8.42 Å². The average Bonchev–Trinajstić information content (AvgIpc) is 2.78. The van der Waals surface area contributed by atoms with Gasteiger partial charge in [-0.15, -0.1) is 0 Å². The molecule has 0 aliphatic heterocycles. The van der Waals surface area contributed by atoms with Crippen LogP contribution in [0.2, 0.25) is 5.04 Å². The van der Waals surface area contributed by atoms with Crippen LogP contribution in [0.25, 0.3) is 0 Å². The zero-order chi connectivity index (χ0) is 24.4. The van der Waals surface area contributed by atoms with E-state index in [0.717, 1.165) is 18.4 Å². The van der Waals surface area contributed by atoms with E-state index in [4.69, 9.17) is 8.61 Å². The van der Waals surface area contributed by atoms with Gasteiger partial charge in [0, 0.05) is 6.10 Å². The minimum atomic E-state index is -3.74. The highest BCUT2D eigenvalue weighted by Gasteiger charge is 2.52. The van der Waals surface area contributed by atoms with Crippen molar-refractivity contribution in [3.05, 3.63) is 90.5 Å². The predicted molar refractivity (Wildman–Crippen MR) is 140 cm³/mol. The van der Waals surface area contributed by atoms with Gasteiger partial charge in [0.15, 0.2) is 0 Å². The molecule has 0 N–H and O–H groups in total. The van der Waals surface area contributed by atoms with Crippen LogP contribution in [0.4, 0.5) is 0 Å². The number of hydrogen-bond donors (Lipinski definition) is 0. The Bertz CT molecular complexity index is 1140. The molecule has 6 heteroatoms. The van der Waals surface area contributed by atoms with Gasteiger partial charge in [0.25, 0.3) is 18.4 Å². The molecule has 0 aromatic heterocycles. The average molecular weight is 495 g/mol. The van der Waals surface area contributed by atoms with E-state index in [0.29, 0.717) is 0 Å². The van der Waals surface area contributed by atoms with E-state index in [9.17, 15) is 8.42 Å². The molecular weight excluding hydrogens is 460 g/mol. The van der Waals surface area contributed by atoms with Crippen LogP contribution in [0.1, 0.15) is 39.2 Å². The van der Waals surface area contributed by atoms with Gasteiger partial charge in [-0.1, -0.05) is 99.1 Å². The Morgan fingerprint density at radius 1 is 0.824 bits per heavy atom. The van der Waals surface area contributed by atoms with E-state index >= 15 is 0 Å². The van der Waals surface area contributed by atoms with Crippen molar-refractivity contribution in [2.24, 2.45) is 5.92 Å². The molecular formula is C28H34O4SSi. The van der Waals surface area contributed by atoms with Crippen LogP contribution in [-0.4, -0.2) is 29.4 Å². The van der Waals surface area contributed by atoms with E-state index in [1.165, 1.54) is 10.4 Å². The van der Waals surface area contributed by atoms with Gasteiger partial charge in [-0.3, -0.25) is 4.18 Å². The van der Waals surface area contributed by atoms with Crippen LogP contribution in [0.15, 0.2) is 89.8 Å². The Morgan fingerprint density at radius 3 is 1.79 bits per heavy atom.